The smallest absolute Gasteiger partial charge is 0.309 e. The van der Waals surface area contributed by atoms with Crippen LogP contribution in [0.25, 0.3) is 0 Å². The lowest BCUT2D eigenvalue weighted by Crippen LogP contribution is -2.44. The highest BCUT2D eigenvalue weighted by molar-refractivity contribution is 5.71. The Labute approximate surface area is 104 Å². The van der Waals surface area contributed by atoms with Crippen molar-refractivity contribution in [2.24, 2.45) is 11.8 Å². The molecule has 1 aliphatic rings. The van der Waals surface area contributed by atoms with Gasteiger partial charge in [-0.25, -0.2) is 0 Å². The second-order valence-corrected chi connectivity index (χ2v) is 5.46. The summed E-state index contributed by atoms with van der Waals surface area (Å²) in [4.78, 5) is 11.2. The molecule has 0 radical (unpaired) electrons. The molecule has 0 amide bonds. The van der Waals surface area contributed by atoms with Crippen LogP contribution in [0.5, 0.6) is 0 Å². The fraction of sp³-hybridized carbons (Fsp3) is 0.923. The van der Waals surface area contributed by atoms with E-state index in [0.29, 0.717) is 13.1 Å². The normalized spacial score (nSPS) is 30.9. The Morgan fingerprint density at radius 1 is 1.53 bits per heavy atom. The minimum atomic E-state index is -0.581. The number of aliphatic hydroxyl groups is 1. The largest absolute Gasteiger partial charge is 0.469 e. The summed E-state index contributed by atoms with van der Waals surface area (Å²) >= 11 is 0. The number of methoxy groups -OCH3 is 1. The van der Waals surface area contributed by atoms with Crippen LogP contribution in [0.4, 0.5) is 0 Å². The standard InChI is InChI=1S/C13H25NO3/c1-10-4-6-13(16,7-5-10)9-14-8-11(2)12(15)17-3/h10-11,14,16H,4-9H2,1-3H3. The van der Waals surface area contributed by atoms with E-state index in [1.807, 2.05) is 6.92 Å². The Morgan fingerprint density at radius 2 is 2.12 bits per heavy atom. The van der Waals surface area contributed by atoms with Crippen LogP contribution in [0.2, 0.25) is 0 Å². The first-order valence-corrected chi connectivity index (χ1v) is 6.48. The molecule has 1 fully saturated rings. The monoisotopic (exact) mass is 243 g/mol. The van der Waals surface area contributed by atoms with E-state index in [1.54, 1.807) is 0 Å². The summed E-state index contributed by atoms with van der Waals surface area (Å²) in [6.45, 7) is 5.18. The van der Waals surface area contributed by atoms with E-state index < -0.39 is 5.60 Å². The Balaban J connectivity index is 2.24. The molecule has 2 N–H and O–H groups in total. The summed E-state index contributed by atoms with van der Waals surface area (Å²) in [6, 6.07) is 0. The van der Waals surface area contributed by atoms with Crippen molar-refractivity contribution >= 4 is 5.97 Å². The highest BCUT2D eigenvalue weighted by Gasteiger charge is 2.31. The molecular formula is C13H25NO3. The van der Waals surface area contributed by atoms with Crippen molar-refractivity contribution in [1.82, 2.24) is 5.32 Å². The molecule has 1 atom stereocenters. The van der Waals surface area contributed by atoms with E-state index in [9.17, 15) is 9.90 Å². The summed E-state index contributed by atoms with van der Waals surface area (Å²) in [5.41, 5.74) is -0.581. The molecule has 0 aliphatic heterocycles. The van der Waals surface area contributed by atoms with Crippen molar-refractivity contribution in [3.63, 3.8) is 0 Å². The number of hydrogen-bond donors (Lipinski definition) is 2. The van der Waals surface area contributed by atoms with E-state index in [4.69, 9.17) is 0 Å². The molecule has 1 saturated carbocycles. The lowest BCUT2D eigenvalue weighted by atomic mass is 9.79. The number of esters is 1. The first-order chi connectivity index (χ1) is 7.97. The average molecular weight is 243 g/mol. The predicted molar refractivity (Wildman–Crippen MR) is 66.6 cm³/mol. The van der Waals surface area contributed by atoms with Crippen LogP contribution in [-0.2, 0) is 9.53 Å². The maximum atomic E-state index is 11.2. The predicted octanol–water partition coefficient (Wildman–Crippen LogP) is 1.33. The van der Waals surface area contributed by atoms with Gasteiger partial charge in [-0.3, -0.25) is 4.79 Å². The van der Waals surface area contributed by atoms with Crippen LogP contribution in [0.3, 0.4) is 0 Å². The van der Waals surface area contributed by atoms with Crippen molar-refractivity contribution in [3.05, 3.63) is 0 Å². The van der Waals surface area contributed by atoms with Gasteiger partial charge in [0.1, 0.15) is 0 Å². The second kappa shape index (κ2) is 6.36. The Hall–Kier alpha value is -0.610. The van der Waals surface area contributed by atoms with Crippen LogP contribution >= 0.6 is 0 Å². The topological polar surface area (TPSA) is 58.6 Å². The first kappa shape index (κ1) is 14.5. The van der Waals surface area contributed by atoms with Crippen LogP contribution in [0, 0.1) is 11.8 Å². The summed E-state index contributed by atoms with van der Waals surface area (Å²) in [7, 11) is 1.40. The number of carbonyl (C=O) groups excluding carboxylic acids is 1. The van der Waals surface area contributed by atoms with Crippen molar-refractivity contribution in [2.45, 2.75) is 45.1 Å². The van der Waals surface area contributed by atoms with Crippen LogP contribution in [0.15, 0.2) is 0 Å². The molecule has 0 aromatic heterocycles. The maximum Gasteiger partial charge on any atom is 0.309 e. The molecule has 17 heavy (non-hydrogen) atoms. The lowest BCUT2D eigenvalue weighted by Gasteiger charge is -2.35. The molecule has 1 aliphatic carbocycles. The van der Waals surface area contributed by atoms with Crippen molar-refractivity contribution in [3.8, 4) is 0 Å². The second-order valence-electron chi connectivity index (χ2n) is 5.46. The molecule has 100 valence electrons. The van der Waals surface area contributed by atoms with Gasteiger partial charge in [0.15, 0.2) is 0 Å². The zero-order valence-corrected chi connectivity index (χ0v) is 11.2. The molecule has 0 saturated heterocycles. The number of rotatable bonds is 5. The number of hydrogen-bond acceptors (Lipinski definition) is 4. The van der Waals surface area contributed by atoms with Gasteiger partial charge in [0.05, 0.1) is 18.6 Å². The Bertz CT molecular complexity index is 247. The van der Waals surface area contributed by atoms with Gasteiger partial charge in [0, 0.05) is 13.1 Å². The van der Waals surface area contributed by atoms with Crippen LogP contribution < -0.4 is 5.32 Å². The van der Waals surface area contributed by atoms with E-state index in [2.05, 4.69) is 17.0 Å². The number of nitrogens with one attached hydrogen (secondary N) is 1. The van der Waals surface area contributed by atoms with Gasteiger partial charge in [-0.1, -0.05) is 13.8 Å². The number of carbonyl (C=O) groups is 1. The lowest BCUT2D eigenvalue weighted by molar-refractivity contribution is -0.144. The van der Waals surface area contributed by atoms with Gasteiger partial charge in [0.2, 0.25) is 0 Å². The maximum absolute atomic E-state index is 11.2. The van der Waals surface area contributed by atoms with E-state index in [1.165, 1.54) is 7.11 Å². The molecule has 1 rings (SSSR count). The first-order valence-electron chi connectivity index (χ1n) is 6.48. The fourth-order valence-electron chi connectivity index (χ4n) is 2.28. The van der Waals surface area contributed by atoms with Gasteiger partial charge >= 0.3 is 5.97 Å². The van der Waals surface area contributed by atoms with E-state index in [-0.39, 0.29) is 11.9 Å². The van der Waals surface area contributed by atoms with Gasteiger partial charge < -0.3 is 15.2 Å². The van der Waals surface area contributed by atoms with Crippen molar-refractivity contribution in [2.75, 3.05) is 20.2 Å². The third-order valence-electron chi connectivity index (χ3n) is 3.71. The zero-order chi connectivity index (χ0) is 12.9. The summed E-state index contributed by atoms with van der Waals surface area (Å²) in [6.07, 6.45) is 3.89. The molecule has 4 nitrogen and oxygen atoms in total. The molecule has 0 heterocycles. The number of ether oxygens (including phenoxy) is 1. The summed E-state index contributed by atoms with van der Waals surface area (Å²) in [5.74, 6) is 0.358. The SMILES string of the molecule is COC(=O)C(C)CNCC1(O)CCC(C)CC1. The average Bonchev–Trinajstić information content (AvgIpc) is 2.32. The van der Waals surface area contributed by atoms with Crippen LogP contribution in [-0.4, -0.2) is 36.9 Å². The molecule has 4 heteroatoms. The molecule has 0 aromatic carbocycles. The molecule has 1 unspecified atom stereocenters. The van der Waals surface area contributed by atoms with Crippen LogP contribution in [0.1, 0.15) is 39.5 Å². The summed E-state index contributed by atoms with van der Waals surface area (Å²) < 4.78 is 4.65. The Kier molecular flexibility index (Phi) is 5.40. The quantitative estimate of drug-likeness (QED) is 0.715. The van der Waals surface area contributed by atoms with Gasteiger partial charge in [-0.05, 0) is 31.6 Å². The highest BCUT2D eigenvalue weighted by Crippen LogP contribution is 2.31. The van der Waals surface area contributed by atoms with E-state index >= 15 is 0 Å². The minimum absolute atomic E-state index is 0.161. The fourth-order valence-corrected chi connectivity index (χ4v) is 2.28. The zero-order valence-electron chi connectivity index (χ0n) is 11.2. The molecular weight excluding hydrogens is 218 g/mol. The summed E-state index contributed by atoms with van der Waals surface area (Å²) in [5, 5.41) is 13.5. The van der Waals surface area contributed by atoms with Crippen molar-refractivity contribution in [1.29, 1.82) is 0 Å². The molecule has 0 aromatic rings. The minimum Gasteiger partial charge on any atom is -0.469 e. The van der Waals surface area contributed by atoms with Crippen molar-refractivity contribution < 1.29 is 14.6 Å². The third kappa shape index (κ3) is 4.64. The van der Waals surface area contributed by atoms with Gasteiger partial charge in [-0.2, -0.15) is 0 Å². The Morgan fingerprint density at radius 3 is 2.65 bits per heavy atom. The highest BCUT2D eigenvalue weighted by atomic mass is 16.5. The van der Waals surface area contributed by atoms with E-state index in [0.717, 1.165) is 31.6 Å². The third-order valence-corrected chi connectivity index (χ3v) is 3.71. The van der Waals surface area contributed by atoms with Gasteiger partial charge in [0.25, 0.3) is 0 Å². The van der Waals surface area contributed by atoms with Gasteiger partial charge in [-0.15, -0.1) is 0 Å². The molecule has 0 spiro atoms. The molecule has 0 bridgehead atoms.